The normalized spacial score (nSPS) is 12.2. The largest absolute Gasteiger partial charge is 0.494 e. The maximum atomic E-state index is 13.5. The van der Waals surface area contributed by atoms with Crippen molar-refractivity contribution in [2.45, 2.75) is 26.4 Å². The molecule has 2 aromatic rings. The summed E-state index contributed by atoms with van der Waals surface area (Å²) in [5, 5.41) is 3.39. The molecule has 1 atom stereocenters. The molecule has 112 valence electrons. The van der Waals surface area contributed by atoms with Crippen LogP contribution in [0.5, 0.6) is 5.75 Å². The zero-order chi connectivity index (χ0) is 15.2. The molecule has 2 rings (SSSR count). The first-order chi connectivity index (χ1) is 10.1. The Morgan fingerprint density at radius 2 is 1.90 bits per heavy atom. The van der Waals surface area contributed by atoms with E-state index >= 15 is 0 Å². The molecular formula is C17H19BrFNO. The van der Waals surface area contributed by atoms with Gasteiger partial charge in [0.25, 0.3) is 0 Å². The number of rotatable bonds is 6. The highest BCUT2D eigenvalue weighted by atomic mass is 79.9. The summed E-state index contributed by atoms with van der Waals surface area (Å²) in [6, 6.07) is 13.4. The first-order valence-electron chi connectivity index (χ1n) is 7.00. The summed E-state index contributed by atoms with van der Waals surface area (Å²) >= 11 is 3.16. The van der Waals surface area contributed by atoms with E-state index in [2.05, 4.69) is 28.2 Å². The molecule has 0 saturated carbocycles. The van der Waals surface area contributed by atoms with Crippen LogP contribution in [0.1, 0.15) is 31.0 Å². The first-order valence-corrected chi connectivity index (χ1v) is 7.79. The van der Waals surface area contributed by atoms with E-state index in [-0.39, 0.29) is 11.9 Å². The highest BCUT2D eigenvalue weighted by molar-refractivity contribution is 9.10. The van der Waals surface area contributed by atoms with Crippen LogP contribution < -0.4 is 10.1 Å². The van der Waals surface area contributed by atoms with Gasteiger partial charge in [-0.15, -0.1) is 0 Å². The topological polar surface area (TPSA) is 21.3 Å². The molecule has 0 fully saturated rings. The van der Waals surface area contributed by atoms with E-state index in [1.807, 2.05) is 37.3 Å². The van der Waals surface area contributed by atoms with Crippen molar-refractivity contribution in [1.29, 1.82) is 0 Å². The summed E-state index contributed by atoms with van der Waals surface area (Å²) in [7, 11) is 0. The number of nitrogens with one attached hydrogen (secondary N) is 1. The molecule has 1 N–H and O–H groups in total. The maximum absolute atomic E-state index is 13.5. The quantitative estimate of drug-likeness (QED) is 0.803. The van der Waals surface area contributed by atoms with Gasteiger partial charge in [0.05, 0.1) is 11.1 Å². The average Bonchev–Trinajstić information content (AvgIpc) is 2.49. The third-order valence-corrected chi connectivity index (χ3v) is 3.93. The molecule has 0 aromatic heterocycles. The van der Waals surface area contributed by atoms with Gasteiger partial charge in [-0.05, 0) is 65.2 Å². The molecule has 1 unspecified atom stereocenters. The molecule has 0 spiro atoms. The van der Waals surface area contributed by atoms with Crippen LogP contribution in [0.15, 0.2) is 46.9 Å². The molecule has 21 heavy (non-hydrogen) atoms. The minimum Gasteiger partial charge on any atom is -0.494 e. The molecule has 0 aliphatic heterocycles. The standard InChI is InChI=1S/C17H19BrFNO/c1-3-21-15-7-5-14(6-8-15)12(2)20-11-13-4-9-16(18)17(19)10-13/h4-10,12,20H,3,11H2,1-2H3. The summed E-state index contributed by atoms with van der Waals surface area (Å²) < 4.78 is 19.4. The van der Waals surface area contributed by atoms with Gasteiger partial charge < -0.3 is 10.1 Å². The predicted octanol–water partition coefficient (Wildman–Crippen LogP) is 4.84. The Kier molecular flexibility index (Phi) is 5.76. The van der Waals surface area contributed by atoms with Gasteiger partial charge >= 0.3 is 0 Å². The van der Waals surface area contributed by atoms with Gasteiger partial charge in [0.2, 0.25) is 0 Å². The molecular weight excluding hydrogens is 333 g/mol. The molecule has 0 radical (unpaired) electrons. The molecule has 0 aliphatic carbocycles. The smallest absolute Gasteiger partial charge is 0.137 e. The SMILES string of the molecule is CCOc1ccc(C(C)NCc2ccc(Br)c(F)c2)cc1. The van der Waals surface area contributed by atoms with Gasteiger partial charge in [-0.25, -0.2) is 4.39 Å². The maximum Gasteiger partial charge on any atom is 0.137 e. The summed E-state index contributed by atoms with van der Waals surface area (Å²) in [5.41, 5.74) is 2.10. The number of hydrogen-bond acceptors (Lipinski definition) is 2. The second kappa shape index (κ2) is 7.57. The van der Waals surface area contributed by atoms with E-state index < -0.39 is 0 Å². The van der Waals surface area contributed by atoms with Crippen LogP contribution in [0, 0.1) is 5.82 Å². The third kappa shape index (κ3) is 4.55. The summed E-state index contributed by atoms with van der Waals surface area (Å²) in [6.45, 7) is 5.35. The van der Waals surface area contributed by atoms with Crippen molar-refractivity contribution in [2.24, 2.45) is 0 Å². The van der Waals surface area contributed by atoms with Crippen molar-refractivity contribution in [3.8, 4) is 5.75 Å². The minimum atomic E-state index is -0.233. The van der Waals surface area contributed by atoms with Crippen molar-refractivity contribution in [1.82, 2.24) is 5.32 Å². The van der Waals surface area contributed by atoms with Crippen LogP contribution in [0.25, 0.3) is 0 Å². The molecule has 0 bridgehead atoms. The lowest BCUT2D eigenvalue weighted by molar-refractivity contribution is 0.340. The van der Waals surface area contributed by atoms with E-state index in [1.165, 1.54) is 5.56 Å². The van der Waals surface area contributed by atoms with Crippen molar-refractivity contribution >= 4 is 15.9 Å². The lowest BCUT2D eigenvalue weighted by atomic mass is 10.1. The van der Waals surface area contributed by atoms with Crippen molar-refractivity contribution in [2.75, 3.05) is 6.61 Å². The van der Waals surface area contributed by atoms with Gasteiger partial charge in [-0.2, -0.15) is 0 Å². The second-order valence-corrected chi connectivity index (χ2v) is 5.71. The first kappa shape index (κ1) is 16.0. The van der Waals surface area contributed by atoms with E-state index in [9.17, 15) is 4.39 Å². The Labute approximate surface area is 133 Å². The van der Waals surface area contributed by atoms with Crippen LogP contribution >= 0.6 is 15.9 Å². The third-order valence-electron chi connectivity index (χ3n) is 3.29. The number of benzene rings is 2. The average molecular weight is 352 g/mol. The Balaban J connectivity index is 1.94. The minimum absolute atomic E-state index is 0.187. The molecule has 4 heteroatoms. The van der Waals surface area contributed by atoms with Gasteiger partial charge in [-0.3, -0.25) is 0 Å². The Bertz CT molecular complexity index is 586. The lowest BCUT2D eigenvalue weighted by Crippen LogP contribution is -2.18. The molecule has 0 aliphatic rings. The highest BCUT2D eigenvalue weighted by Gasteiger charge is 2.06. The van der Waals surface area contributed by atoms with Crippen LogP contribution in [0.4, 0.5) is 4.39 Å². The molecule has 0 heterocycles. The van der Waals surface area contributed by atoms with Gasteiger partial charge in [0, 0.05) is 12.6 Å². The Hall–Kier alpha value is -1.39. The van der Waals surface area contributed by atoms with Crippen molar-refractivity contribution < 1.29 is 9.13 Å². The monoisotopic (exact) mass is 351 g/mol. The molecule has 2 aromatic carbocycles. The highest BCUT2D eigenvalue weighted by Crippen LogP contribution is 2.19. The summed E-state index contributed by atoms with van der Waals surface area (Å²) in [5.74, 6) is 0.645. The lowest BCUT2D eigenvalue weighted by Gasteiger charge is -2.15. The van der Waals surface area contributed by atoms with Crippen molar-refractivity contribution in [3.05, 3.63) is 63.9 Å². The van der Waals surface area contributed by atoms with Gasteiger partial charge in [-0.1, -0.05) is 18.2 Å². The Morgan fingerprint density at radius 3 is 2.52 bits per heavy atom. The van der Waals surface area contributed by atoms with Crippen molar-refractivity contribution in [3.63, 3.8) is 0 Å². The van der Waals surface area contributed by atoms with E-state index in [0.29, 0.717) is 17.6 Å². The zero-order valence-corrected chi connectivity index (χ0v) is 13.8. The number of hydrogen-bond donors (Lipinski definition) is 1. The van der Waals surface area contributed by atoms with Crippen LogP contribution in [-0.4, -0.2) is 6.61 Å². The Morgan fingerprint density at radius 1 is 1.19 bits per heavy atom. The van der Waals surface area contributed by atoms with E-state index in [0.717, 1.165) is 11.3 Å². The fourth-order valence-corrected chi connectivity index (χ4v) is 2.30. The number of ether oxygens (including phenoxy) is 1. The van der Waals surface area contributed by atoms with Crippen LogP contribution in [-0.2, 0) is 6.54 Å². The van der Waals surface area contributed by atoms with Gasteiger partial charge in [0.1, 0.15) is 11.6 Å². The van der Waals surface area contributed by atoms with Crippen LogP contribution in [0.2, 0.25) is 0 Å². The van der Waals surface area contributed by atoms with Crippen LogP contribution in [0.3, 0.4) is 0 Å². The van der Waals surface area contributed by atoms with Gasteiger partial charge in [0.15, 0.2) is 0 Å². The van der Waals surface area contributed by atoms with E-state index in [1.54, 1.807) is 12.1 Å². The predicted molar refractivity (Wildman–Crippen MR) is 87.0 cm³/mol. The van der Waals surface area contributed by atoms with E-state index in [4.69, 9.17) is 4.74 Å². The molecule has 0 amide bonds. The molecule has 2 nitrogen and oxygen atoms in total. The zero-order valence-electron chi connectivity index (χ0n) is 12.2. The summed E-state index contributed by atoms with van der Waals surface area (Å²) in [4.78, 5) is 0. The molecule has 0 saturated heterocycles. The summed E-state index contributed by atoms with van der Waals surface area (Å²) in [6.07, 6.45) is 0. The number of halogens is 2. The fourth-order valence-electron chi connectivity index (χ4n) is 2.06. The fraction of sp³-hybridized carbons (Fsp3) is 0.294. The second-order valence-electron chi connectivity index (χ2n) is 4.85.